The molecule has 1 fully saturated rings. The van der Waals surface area contributed by atoms with Gasteiger partial charge in [0.15, 0.2) is 0 Å². The van der Waals surface area contributed by atoms with Gasteiger partial charge in [-0.2, -0.15) is 0 Å². The van der Waals surface area contributed by atoms with Gasteiger partial charge in [-0.3, -0.25) is 0 Å². The maximum Gasteiger partial charge on any atom is 0.0810 e. The van der Waals surface area contributed by atoms with Gasteiger partial charge in [0, 0.05) is 0 Å². The van der Waals surface area contributed by atoms with Crippen molar-refractivity contribution in [2.24, 2.45) is 0 Å². The summed E-state index contributed by atoms with van der Waals surface area (Å²) >= 11 is 0. The minimum absolute atomic E-state index is 0.0879. The summed E-state index contributed by atoms with van der Waals surface area (Å²) in [5.41, 5.74) is 0. The van der Waals surface area contributed by atoms with E-state index in [-0.39, 0.29) is 12.7 Å². The molecule has 1 heterocycles. The van der Waals surface area contributed by atoms with Crippen LogP contribution < -0.4 is 0 Å². The van der Waals surface area contributed by atoms with Crippen molar-refractivity contribution in [3.05, 3.63) is 12.7 Å². The van der Waals surface area contributed by atoms with E-state index in [1.54, 1.807) is 0 Å². The molecule has 0 aliphatic carbocycles. The van der Waals surface area contributed by atoms with Gasteiger partial charge in [-0.15, -0.1) is 6.58 Å². The van der Waals surface area contributed by atoms with Crippen LogP contribution in [0.25, 0.3) is 0 Å². The van der Waals surface area contributed by atoms with Crippen molar-refractivity contribution < 1.29 is 9.84 Å². The highest BCUT2D eigenvalue weighted by molar-refractivity contribution is 4.79. The summed E-state index contributed by atoms with van der Waals surface area (Å²) in [4.78, 5) is 0. The van der Waals surface area contributed by atoms with Gasteiger partial charge in [0.25, 0.3) is 0 Å². The van der Waals surface area contributed by atoms with Gasteiger partial charge in [-0.05, 0) is 19.3 Å². The Kier molecular flexibility index (Phi) is 2.90. The smallest absolute Gasteiger partial charge is 0.0810 e. The highest BCUT2D eigenvalue weighted by atomic mass is 16.5. The third-order valence-corrected chi connectivity index (χ3v) is 1.83. The second-order valence-corrected chi connectivity index (χ2v) is 2.66. The lowest BCUT2D eigenvalue weighted by molar-refractivity contribution is 0.0134. The highest BCUT2D eigenvalue weighted by Gasteiger charge is 2.22. The fraction of sp³-hybridized carbons (Fsp3) is 0.750. The van der Waals surface area contributed by atoms with Crippen molar-refractivity contribution in [2.45, 2.75) is 31.5 Å². The van der Waals surface area contributed by atoms with E-state index in [0.29, 0.717) is 6.10 Å². The van der Waals surface area contributed by atoms with Crippen molar-refractivity contribution in [3.8, 4) is 0 Å². The van der Waals surface area contributed by atoms with Crippen LogP contribution in [-0.4, -0.2) is 23.9 Å². The van der Waals surface area contributed by atoms with Crippen LogP contribution >= 0.6 is 0 Å². The Bertz CT molecular complexity index is 112. The summed E-state index contributed by atoms with van der Waals surface area (Å²) in [6.45, 7) is 3.79. The minimum atomic E-state index is 0.0879. The third kappa shape index (κ3) is 1.82. The van der Waals surface area contributed by atoms with Gasteiger partial charge in [0.1, 0.15) is 0 Å². The Labute approximate surface area is 61.5 Å². The molecule has 10 heavy (non-hydrogen) atoms. The standard InChI is InChI=1S/C8H14O2/c1-2-3-7-4-5-8(6-9)10-7/h2,7-9H,1,3-6H2/t7-,8+/m0/s1. The van der Waals surface area contributed by atoms with Gasteiger partial charge in [-0.1, -0.05) is 6.08 Å². The first-order chi connectivity index (χ1) is 4.86. The predicted octanol–water partition coefficient (Wildman–Crippen LogP) is 1.10. The van der Waals surface area contributed by atoms with Crippen LogP contribution in [0.15, 0.2) is 12.7 Å². The van der Waals surface area contributed by atoms with Gasteiger partial charge >= 0.3 is 0 Å². The Morgan fingerprint density at radius 1 is 1.50 bits per heavy atom. The molecule has 0 spiro atoms. The van der Waals surface area contributed by atoms with Crippen LogP contribution in [0.1, 0.15) is 19.3 Å². The van der Waals surface area contributed by atoms with E-state index in [9.17, 15) is 0 Å². The van der Waals surface area contributed by atoms with Crippen LogP contribution in [0.5, 0.6) is 0 Å². The lowest BCUT2D eigenvalue weighted by atomic mass is 10.1. The predicted molar refractivity (Wildman–Crippen MR) is 39.8 cm³/mol. The number of hydrogen-bond donors (Lipinski definition) is 1. The number of hydrogen-bond acceptors (Lipinski definition) is 2. The molecule has 1 saturated heterocycles. The molecule has 2 atom stereocenters. The average molecular weight is 142 g/mol. The van der Waals surface area contributed by atoms with Crippen LogP contribution in [0, 0.1) is 0 Å². The quantitative estimate of drug-likeness (QED) is 0.598. The maximum absolute atomic E-state index is 8.70. The molecule has 2 nitrogen and oxygen atoms in total. The molecule has 0 unspecified atom stereocenters. The Hall–Kier alpha value is -0.340. The zero-order valence-electron chi connectivity index (χ0n) is 6.12. The number of ether oxygens (including phenoxy) is 1. The zero-order chi connectivity index (χ0) is 7.40. The molecule has 1 rings (SSSR count). The van der Waals surface area contributed by atoms with Gasteiger partial charge in [-0.25, -0.2) is 0 Å². The lowest BCUT2D eigenvalue weighted by Gasteiger charge is -2.08. The average Bonchev–Trinajstić information content (AvgIpc) is 2.37. The van der Waals surface area contributed by atoms with E-state index in [1.165, 1.54) is 0 Å². The first-order valence-corrected chi connectivity index (χ1v) is 3.74. The summed E-state index contributed by atoms with van der Waals surface area (Å²) in [6, 6.07) is 0. The fourth-order valence-electron chi connectivity index (χ4n) is 1.27. The molecule has 0 bridgehead atoms. The molecule has 0 aromatic rings. The summed E-state index contributed by atoms with van der Waals surface area (Å²) < 4.78 is 5.43. The number of aliphatic hydroxyl groups excluding tert-OH is 1. The summed E-state index contributed by atoms with van der Waals surface area (Å²) in [6.07, 6.45) is 5.24. The van der Waals surface area contributed by atoms with Crippen molar-refractivity contribution in [3.63, 3.8) is 0 Å². The SMILES string of the molecule is C=CC[C@H]1CC[C@H](CO)O1. The van der Waals surface area contributed by atoms with E-state index in [4.69, 9.17) is 9.84 Å². The number of rotatable bonds is 3. The summed E-state index contributed by atoms with van der Waals surface area (Å²) in [5, 5.41) is 8.70. The van der Waals surface area contributed by atoms with E-state index in [2.05, 4.69) is 6.58 Å². The minimum Gasteiger partial charge on any atom is -0.394 e. The second kappa shape index (κ2) is 3.74. The van der Waals surface area contributed by atoms with Crippen LogP contribution in [0.3, 0.4) is 0 Å². The first-order valence-electron chi connectivity index (χ1n) is 3.74. The summed E-state index contributed by atoms with van der Waals surface area (Å²) in [5.74, 6) is 0. The van der Waals surface area contributed by atoms with Crippen LogP contribution in [0.2, 0.25) is 0 Å². The van der Waals surface area contributed by atoms with E-state index < -0.39 is 0 Å². The molecular weight excluding hydrogens is 128 g/mol. The molecule has 1 aliphatic heterocycles. The molecule has 0 aromatic heterocycles. The molecule has 2 heteroatoms. The summed E-state index contributed by atoms with van der Waals surface area (Å²) in [7, 11) is 0. The second-order valence-electron chi connectivity index (χ2n) is 2.66. The van der Waals surface area contributed by atoms with Crippen molar-refractivity contribution in [1.29, 1.82) is 0 Å². The van der Waals surface area contributed by atoms with Gasteiger partial charge in [0.05, 0.1) is 18.8 Å². The topological polar surface area (TPSA) is 29.5 Å². The molecule has 1 N–H and O–H groups in total. The molecule has 58 valence electrons. The molecular formula is C8H14O2. The van der Waals surface area contributed by atoms with Gasteiger partial charge in [0.2, 0.25) is 0 Å². The Morgan fingerprint density at radius 2 is 2.20 bits per heavy atom. The van der Waals surface area contributed by atoms with E-state index in [0.717, 1.165) is 19.3 Å². The van der Waals surface area contributed by atoms with Crippen LogP contribution in [-0.2, 0) is 4.74 Å². The molecule has 0 radical (unpaired) electrons. The normalized spacial score (nSPS) is 32.5. The van der Waals surface area contributed by atoms with E-state index in [1.807, 2.05) is 6.08 Å². The Balaban J connectivity index is 2.21. The largest absolute Gasteiger partial charge is 0.394 e. The maximum atomic E-state index is 8.70. The molecule has 1 aliphatic rings. The fourth-order valence-corrected chi connectivity index (χ4v) is 1.27. The van der Waals surface area contributed by atoms with Crippen molar-refractivity contribution in [1.82, 2.24) is 0 Å². The van der Waals surface area contributed by atoms with Crippen LogP contribution in [0.4, 0.5) is 0 Å². The lowest BCUT2D eigenvalue weighted by Crippen LogP contribution is -2.13. The molecule has 0 aromatic carbocycles. The highest BCUT2D eigenvalue weighted by Crippen LogP contribution is 2.21. The number of aliphatic hydroxyl groups is 1. The van der Waals surface area contributed by atoms with E-state index >= 15 is 0 Å². The van der Waals surface area contributed by atoms with Crippen molar-refractivity contribution in [2.75, 3.05) is 6.61 Å². The van der Waals surface area contributed by atoms with Gasteiger partial charge < -0.3 is 9.84 Å². The monoisotopic (exact) mass is 142 g/mol. The third-order valence-electron chi connectivity index (χ3n) is 1.83. The first kappa shape index (κ1) is 7.76. The molecule has 0 amide bonds. The Morgan fingerprint density at radius 3 is 2.70 bits per heavy atom. The van der Waals surface area contributed by atoms with Crippen molar-refractivity contribution >= 4 is 0 Å². The zero-order valence-corrected chi connectivity index (χ0v) is 6.12. The molecule has 0 saturated carbocycles.